The number of hydrogen-bond acceptors (Lipinski definition) is 6. The number of nitrogens with one attached hydrogen (secondary N) is 1. The molecular formula is C17H24N3O4P. The molecule has 0 fully saturated rings. The van der Waals surface area contributed by atoms with E-state index < -0.39 is 7.75 Å². The van der Waals surface area contributed by atoms with E-state index in [0.29, 0.717) is 22.6 Å². The molecule has 8 heteroatoms. The second kappa shape index (κ2) is 8.45. The van der Waals surface area contributed by atoms with Crippen LogP contribution < -0.4 is 15.3 Å². The van der Waals surface area contributed by atoms with Crippen LogP contribution in [-0.2, 0) is 22.2 Å². The average molecular weight is 365 g/mol. The first-order valence-electron chi connectivity index (χ1n) is 7.98. The van der Waals surface area contributed by atoms with E-state index in [-0.39, 0.29) is 24.9 Å². The summed E-state index contributed by atoms with van der Waals surface area (Å²) in [6.45, 7) is 5.43. The number of para-hydroxylation sites is 1. The van der Waals surface area contributed by atoms with Gasteiger partial charge in [-0.3, -0.25) is 9.51 Å². The minimum absolute atomic E-state index is 0.0271. The van der Waals surface area contributed by atoms with Crippen molar-refractivity contribution in [3.8, 4) is 11.5 Å². The summed E-state index contributed by atoms with van der Waals surface area (Å²) in [5, 5.41) is 12.9. The molecule has 0 aliphatic heterocycles. The van der Waals surface area contributed by atoms with Crippen molar-refractivity contribution in [2.75, 3.05) is 0 Å². The minimum Gasteiger partial charge on any atom is -0.506 e. The van der Waals surface area contributed by atoms with Gasteiger partial charge in [0.05, 0.1) is 12.3 Å². The zero-order valence-corrected chi connectivity index (χ0v) is 15.5. The Kier molecular flexibility index (Phi) is 6.56. The second-order valence-corrected chi connectivity index (χ2v) is 7.55. The average Bonchev–Trinajstić information content (AvgIpc) is 2.56. The lowest BCUT2D eigenvalue weighted by Gasteiger charge is -2.22. The van der Waals surface area contributed by atoms with Gasteiger partial charge >= 0.3 is 7.75 Å². The smallest absolute Gasteiger partial charge is 0.459 e. The fourth-order valence-electron chi connectivity index (χ4n) is 2.22. The number of aromatic nitrogens is 1. The zero-order chi connectivity index (χ0) is 18.4. The number of pyridine rings is 1. The molecule has 1 atom stereocenters. The molecule has 1 heterocycles. The summed E-state index contributed by atoms with van der Waals surface area (Å²) in [5.41, 5.74) is 7.26. The van der Waals surface area contributed by atoms with Crippen LogP contribution in [0.15, 0.2) is 36.5 Å². The predicted molar refractivity (Wildman–Crippen MR) is 96.3 cm³/mol. The highest BCUT2D eigenvalue weighted by Gasteiger charge is 2.28. The van der Waals surface area contributed by atoms with Crippen LogP contribution >= 0.6 is 7.75 Å². The fourth-order valence-corrected chi connectivity index (χ4v) is 3.74. The Morgan fingerprint density at radius 3 is 2.60 bits per heavy atom. The monoisotopic (exact) mass is 365 g/mol. The van der Waals surface area contributed by atoms with Crippen LogP contribution in [0.2, 0.25) is 0 Å². The van der Waals surface area contributed by atoms with E-state index in [1.165, 1.54) is 0 Å². The summed E-state index contributed by atoms with van der Waals surface area (Å²) in [5.74, 6) is 0.460. The van der Waals surface area contributed by atoms with Gasteiger partial charge in [-0.15, -0.1) is 0 Å². The zero-order valence-electron chi connectivity index (χ0n) is 14.6. The first-order valence-corrected chi connectivity index (χ1v) is 9.52. The third kappa shape index (κ3) is 5.28. The molecule has 0 aliphatic rings. The summed E-state index contributed by atoms with van der Waals surface area (Å²) in [7, 11) is -3.62. The first-order chi connectivity index (χ1) is 11.8. The van der Waals surface area contributed by atoms with Crippen molar-refractivity contribution < 1.29 is 18.7 Å². The van der Waals surface area contributed by atoms with Crippen LogP contribution in [0.1, 0.15) is 30.7 Å². The third-order valence-electron chi connectivity index (χ3n) is 3.41. The van der Waals surface area contributed by atoms with Crippen LogP contribution in [0.25, 0.3) is 0 Å². The number of aryl methyl sites for hydroxylation is 1. The van der Waals surface area contributed by atoms with Gasteiger partial charge < -0.3 is 15.4 Å². The van der Waals surface area contributed by atoms with Crippen molar-refractivity contribution in [2.24, 2.45) is 5.73 Å². The molecule has 0 aliphatic carbocycles. The number of nitrogens with zero attached hydrogens (tertiary/aromatic N) is 1. The second-order valence-electron chi connectivity index (χ2n) is 5.86. The van der Waals surface area contributed by atoms with E-state index >= 15 is 0 Å². The van der Waals surface area contributed by atoms with Gasteiger partial charge in [0.25, 0.3) is 0 Å². The largest absolute Gasteiger partial charge is 0.506 e. The Balaban J connectivity index is 2.21. The third-order valence-corrected chi connectivity index (χ3v) is 5.16. The molecule has 0 spiro atoms. The van der Waals surface area contributed by atoms with Crippen LogP contribution in [-0.4, -0.2) is 16.1 Å². The number of hydrogen-bond donors (Lipinski definition) is 3. The SMILES string of the molecule is Cc1ncc(COP(=O)(NC(C)C)Oc2ccccc2)c(CN)c1O. The maximum absolute atomic E-state index is 13.0. The van der Waals surface area contributed by atoms with Crippen LogP contribution in [0, 0.1) is 6.92 Å². The van der Waals surface area contributed by atoms with E-state index in [1.807, 2.05) is 19.9 Å². The highest BCUT2D eigenvalue weighted by molar-refractivity contribution is 7.52. The lowest BCUT2D eigenvalue weighted by atomic mass is 10.1. The van der Waals surface area contributed by atoms with Gasteiger partial charge in [-0.2, -0.15) is 0 Å². The van der Waals surface area contributed by atoms with Crippen molar-refractivity contribution in [1.82, 2.24) is 10.1 Å². The maximum Gasteiger partial charge on any atom is 0.459 e. The molecule has 0 bridgehead atoms. The molecule has 0 amide bonds. The highest BCUT2D eigenvalue weighted by Crippen LogP contribution is 2.45. The molecule has 7 nitrogen and oxygen atoms in total. The lowest BCUT2D eigenvalue weighted by molar-refractivity contribution is 0.241. The molecular weight excluding hydrogens is 341 g/mol. The maximum atomic E-state index is 13.0. The Bertz CT molecular complexity index is 753. The number of aromatic hydroxyl groups is 1. The summed E-state index contributed by atoms with van der Waals surface area (Å²) in [6.07, 6.45) is 1.56. The number of rotatable bonds is 8. The number of nitrogens with two attached hydrogens (primary N) is 1. The van der Waals surface area contributed by atoms with Crippen molar-refractivity contribution in [3.05, 3.63) is 53.3 Å². The van der Waals surface area contributed by atoms with E-state index in [1.54, 1.807) is 37.4 Å². The number of benzene rings is 1. The van der Waals surface area contributed by atoms with Crippen LogP contribution in [0.5, 0.6) is 11.5 Å². The molecule has 0 saturated heterocycles. The van der Waals surface area contributed by atoms with Crippen molar-refractivity contribution in [3.63, 3.8) is 0 Å². The summed E-state index contributed by atoms with van der Waals surface area (Å²) in [4.78, 5) is 4.10. The van der Waals surface area contributed by atoms with E-state index in [2.05, 4.69) is 10.1 Å². The van der Waals surface area contributed by atoms with Gasteiger partial charge in [0, 0.05) is 29.9 Å². The lowest BCUT2D eigenvalue weighted by Crippen LogP contribution is -2.24. The first kappa shape index (κ1) is 19.4. The molecule has 1 unspecified atom stereocenters. The molecule has 4 N–H and O–H groups in total. The van der Waals surface area contributed by atoms with Gasteiger partial charge in [0.2, 0.25) is 0 Å². The minimum atomic E-state index is -3.62. The highest BCUT2D eigenvalue weighted by atomic mass is 31.2. The Morgan fingerprint density at radius 1 is 1.32 bits per heavy atom. The molecule has 1 aromatic heterocycles. The molecule has 2 aromatic rings. The van der Waals surface area contributed by atoms with Crippen molar-refractivity contribution in [1.29, 1.82) is 0 Å². The molecule has 0 saturated carbocycles. The molecule has 0 radical (unpaired) electrons. The van der Waals surface area contributed by atoms with Crippen molar-refractivity contribution in [2.45, 2.75) is 40.0 Å². The van der Waals surface area contributed by atoms with Crippen LogP contribution in [0.4, 0.5) is 0 Å². The van der Waals surface area contributed by atoms with Gasteiger partial charge in [0.1, 0.15) is 11.5 Å². The molecule has 1 aromatic carbocycles. The van der Waals surface area contributed by atoms with E-state index in [0.717, 1.165) is 0 Å². The predicted octanol–water partition coefficient (Wildman–Crippen LogP) is 3.26. The Hall–Kier alpha value is -1.92. The molecule has 25 heavy (non-hydrogen) atoms. The summed E-state index contributed by atoms with van der Waals surface area (Å²) < 4.78 is 24.2. The van der Waals surface area contributed by atoms with E-state index in [4.69, 9.17) is 14.8 Å². The standard InChI is InChI=1S/C17H24N3O4P/c1-12(2)20-25(22,24-15-7-5-4-6-8-15)23-11-14-10-19-13(3)17(21)16(14)9-18/h4-8,10,12,21H,9,11,18H2,1-3H3,(H,20,22). The quantitative estimate of drug-likeness (QED) is 0.616. The van der Waals surface area contributed by atoms with E-state index in [9.17, 15) is 9.67 Å². The summed E-state index contributed by atoms with van der Waals surface area (Å²) >= 11 is 0. The van der Waals surface area contributed by atoms with Gasteiger partial charge in [-0.25, -0.2) is 9.65 Å². The summed E-state index contributed by atoms with van der Waals surface area (Å²) in [6, 6.07) is 8.68. The van der Waals surface area contributed by atoms with Crippen LogP contribution in [0.3, 0.4) is 0 Å². The molecule has 136 valence electrons. The topological polar surface area (TPSA) is 107 Å². The Labute approximate surface area is 147 Å². The van der Waals surface area contributed by atoms with Gasteiger partial charge in [-0.05, 0) is 32.9 Å². The fraction of sp³-hybridized carbons (Fsp3) is 0.353. The normalized spacial score (nSPS) is 13.6. The Morgan fingerprint density at radius 2 is 2.00 bits per heavy atom. The molecule has 2 rings (SSSR count). The van der Waals surface area contributed by atoms with Crippen molar-refractivity contribution >= 4 is 7.75 Å². The van der Waals surface area contributed by atoms with Gasteiger partial charge in [0.15, 0.2) is 0 Å². The van der Waals surface area contributed by atoms with Gasteiger partial charge in [-0.1, -0.05) is 18.2 Å².